The highest BCUT2D eigenvalue weighted by molar-refractivity contribution is 6.31. The van der Waals surface area contributed by atoms with Crippen LogP contribution in [0.25, 0.3) is 0 Å². The third kappa shape index (κ3) is 4.56. The lowest BCUT2D eigenvalue weighted by Crippen LogP contribution is -2.37. The number of ether oxygens (including phenoxy) is 1. The van der Waals surface area contributed by atoms with Crippen LogP contribution in [0.15, 0.2) is 18.2 Å². The van der Waals surface area contributed by atoms with Crippen molar-refractivity contribution in [1.29, 1.82) is 0 Å². The second-order valence-corrected chi connectivity index (χ2v) is 5.00. The van der Waals surface area contributed by atoms with Crippen molar-refractivity contribution in [2.75, 3.05) is 13.2 Å². The highest BCUT2D eigenvalue weighted by Crippen LogP contribution is 2.19. The van der Waals surface area contributed by atoms with Crippen LogP contribution in [0.4, 0.5) is 4.39 Å². The second-order valence-electron chi connectivity index (χ2n) is 4.59. The lowest BCUT2D eigenvalue weighted by molar-refractivity contribution is 0.107. The minimum absolute atomic E-state index is 0.195. The van der Waals surface area contributed by atoms with Crippen molar-refractivity contribution in [3.63, 3.8) is 0 Å². The average molecular weight is 274 g/mol. The predicted octanol–water partition coefficient (Wildman–Crippen LogP) is 3.63. The first-order chi connectivity index (χ1) is 8.56. The Morgan fingerprint density at radius 1 is 1.39 bits per heavy atom. The lowest BCUT2D eigenvalue weighted by Gasteiger charge is -2.22. The van der Waals surface area contributed by atoms with Gasteiger partial charge in [0.05, 0.1) is 6.61 Å². The molecule has 0 radical (unpaired) electrons. The molecule has 0 aliphatic rings. The molecule has 1 rings (SSSR count). The van der Waals surface area contributed by atoms with E-state index in [1.807, 2.05) is 6.92 Å². The quantitative estimate of drug-likeness (QED) is 0.819. The van der Waals surface area contributed by atoms with Crippen LogP contribution in [0.5, 0.6) is 0 Å². The van der Waals surface area contributed by atoms with Gasteiger partial charge < -0.3 is 10.1 Å². The van der Waals surface area contributed by atoms with Crippen molar-refractivity contribution in [2.45, 2.75) is 33.4 Å². The first-order valence-corrected chi connectivity index (χ1v) is 6.68. The van der Waals surface area contributed by atoms with Gasteiger partial charge in [0, 0.05) is 29.8 Å². The maximum atomic E-state index is 13.6. The van der Waals surface area contributed by atoms with E-state index in [9.17, 15) is 4.39 Å². The molecule has 0 saturated carbocycles. The smallest absolute Gasteiger partial charge is 0.129 e. The minimum atomic E-state index is -0.270. The van der Waals surface area contributed by atoms with Gasteiger partial charge in [0.15, 0.2) is 0 Å². The zero-order valence-electron chi connectivity index (χ0n) is 11.2. The van der Waals surface area contributed by atoms with Crippen molar-refractivity contribution >= 4 is 11.6 Å². The number of rotatable bonds is 7. The average Bonchev–Trinajstić information content (AvgIpc) is 2.31. The van der Waals surface area contributed by atoms with Gasteiger partial charge in [-0.1, -0.05) is 31.5 Å². The molecule has 1 aromatic rings. The summed E-state index contributed by atoms with van der Waals surface area (Å²) in [7, 11) is 0. The van der Waals surface area contributed by atoms with Crippen molar-refractivity contribution in [3.05, 3.63) is 34.6 Å². The van der Waals surface area contributed by atoms with Gasteiger partial charge in [-0.25, -0.2) is 4.39 Å². The van der Waals surface area contributed by atoms with E-state index in [2.05, 4.69) is 19.2 Å². The Balaban J connectivity index is 2.61. The van der Waals surface area contributed by atoms with Gasteiger partial charge in [-0.05, 0) is 25.0 Å². The molecule has 0 saturated heterocycles. The summed E-state index contributed by atoms with van der Waals surface area (Å²) >= 11 is 5.99. The maximum Gasteiger partial charge on any atom is 0.129 e. The topological polar surface area (TPSA) is 21.3 Å². The molecular weight excluding hydrogens is 253 g/mol. The van der Waals surface area contributed by atoms with E-state index in [0.717, 1.165) is 0 Å². The molecule has 1 unspecified atom stereocenters. The second kappa shape index (κ2) is 7.72. The maximum absolute atomic E-state index is 13.6. The Labute approximate surface area is 113 Å². The standard InChI is InChI=1S/C14H21ClFNO/c1-4-18-9-14(10(2)3)17-8-11-12(15)6-5-7-13(11)16/h5-7,10,14,17H,4,8-9H2,1-3H3. The summed E-state index contributed by atoms with van der Waals surface area (Å²) in [5.74, 6) is 0.149. The Kier molecular flexibility index (Phi) is 6.61. The number of hydrogen-bond donors (Lipinski definition) is 1. The molecule has 0 aliphatic carbocycles. The van der Waals surface area contributed by atoms with Crippen molar-refractivity contribution in [1.82, 2.24) is 5.32 Å². The van der Waals surface area contributed by atoms with Crippen molar-refractivity contribution < 1.29 is 9.13 Å². The zero-order valence-corrected chi connectivity index (χ0v) is 11.9. The van der Waals surface area contributed by atoms with Crippen LogP contribution >= 0.6 is 11.6 Å². The molecule has 4 heteroatoms. The molecule has 2 nitrogen and oxygen atoms in total. The van der Waals surface area contributed by atoms with Gasteiger partial charge in [-0.3, -0.25) is 0 Å². The summed E-state index contributed by atoms with van der Waals surface area (Å²) in [5, 5.41) is 3.76. The van der Waals surface area contributed by atoms with Crippen LogP contribution in [0.2, 0.25) is 5.02 Å². The molecule has 0 aliphatic heterocycles. The van der Waals surface area contributed by atoms with Gasteiger partial charge in [0.25, 0.3) is 0 Å². The molecule has 1 N–H and O–H groups in total. The molecule has 0 aromatic heterocycles. The van der Waals surface area contributed by atoms with E-state index >= 15 is 0 Å². The molecule has 1 aromatic carbocycles. The first-order valence-electron chi connectivity index (χ1n) is 6.30. The van der Waals surface area contributed by atoms with Gasteiger partial charge in [0.1, 0.15) is 5.82 Å². The summed E-state index contributed by atoms with van der Waals surface area (Å²) in [6.45, 7) is 7.91. The number of benzene rings is 1. The first kappa shape index (κ1) is 15.4. The normalized spacial score (nSPS) is 13.0. The van der Waals surface area contributed by atoms with E-state index in [0.29, 0.717) is 36.3 Å². The molecular formula is C14H21ClFNO. The van der Waals surface area contributed by atoms with Crippen LogP contribution in [0.3, 0.4) is 0 Å². The Morgan fingerprint density at radius 3 is 2.67 bits per heavy atom. The number of nitrogens with one attached hydrogen (secondary N) is 1. The lowest BCUT2D eigenvalue weighted by atomic mass is 10.0. The summed E-state index contributed by atoms with van der Waals surface area (Å²) in [4.78, 5) is 0. The third-order valence-electron chi connectivity index (χ3n) is 2.91. The molecule has 0 fully saturated rings. The SMILES string of the molecule is CCOCC(NCc1c(F)cccc1Cl)C(C)C. The number of halogens is 2. The molecule has 0 spiro atoms. The Morgan fingerprint density at radius 2 is 2.11 bits per heavy atom. The van der Waals surface area contributed by atoms with Crippen LogP contribution in [-0.4, -0.2) is 19.3 Å². The largest absolute Gasteiger partial charge is 0.380 e. The molecule has 0 amide bonds. The summed E-state index contributed by atoms with van der Waals surface area (Å²) in [6, 6.07) is 4.94. The molecule has 1 atom stereocenters. The monoisotopic (exact) mass is 273 g/mol. The predicted molar refractivity (Wildman–Crippen MR) is 73.4 cm³/mol. The minimum Gasteiger partial charge on any atom is -0.380 e. The van der Waals surface area contributed by atoms with E-state index in [1.165, 1.54) is 6.07 Å². The Hall–Kier alpha value is -0.640. The molecule has 0 heterocycles. The fourth-order valence-electron chi connectivity index (χ4n) is 1.67. The van der Waals surface area contributed by atoms with Crippen LogP contribution in [-0.2, 0) is 11.3 Å². The molecule has 18 heavy (non-hydrogen) atoms. The summed E-state index contributed by atoms with van der Waals surface area (Å²) < 4.78 is 19.0. The van der Waals surface area contributed by atoms with E-state index in [-0.39, 0.29) is 11.9 Å². The van der Waals surface area contributed by atoms with Crippen LogP contribution < -0.4 is 5.32 Å². The van der Waals surface area contributed by atoms with Gasteiger partial charge in [-0.2, -0.15) is 0 Å². The highest BCUT2D eigenvalue weighted by atomic mass is 35.5. The van der Waals surface area contributed by atoms with Crippen molar-refractivity contribution in [2.24, 2.45) is 5.92 Å². The van der Waals surface area contributed by atoms with E-state index in [4.69, 9.17) is 16.3 Å². The van der Waals surface area contributed by atoms with Crippen molar-refractivity contribution in [3.8, 4) is 0 Å². The van der Waals surface area contributed by atoms with Gasteiger partial charge in [-0.15, -0.1) is 0 Å². The molecule has 0 bridgehead atoms. The Bertz CT molecular complexity index is 351. The summed E-state index contributed by atoms with van der Waals surface area (Å²) in [5.41, 5.74) is 0.515. The summed E-state index contributed by atoms with van der Waals surface area (Å²) in [6.07, 6.45) is 0. The zero-order chi connectivity index (χ0) is 13.5. The fraction of sp³-hybridized carbons (Fsp3) is 0.571. The van der Waals surface area contributed by atoms with Crippen LogP contribution in [0, 0.1) is 11.7 Å². The third-order valence-corrected chi connectivity index (χ3v) is 3.26. The number of hydrogen-bond acceptors (Lipinski definition) is 2. The fourth-order valence-corrected chi connectivity index (χ4v) is 1.90. The highest BCUT2D eigenvalue weighted by Gasteiger charge is 2.14. The van der Waals surface area contributed by atoms with E-state index < -0.39 is 0 Å². The van der Waals surface area contributed by atoms with Gasteiger partial charge in [0.2, 0.25) is 0 Å². The van der Waals surface area contributed by atoms with E-state index in [1.54, 1.807) is 12.1 Å². The molecule has 102 valence electrons. The van der Waals surface area contributed by atoms with Crippen LogP contribution in [0.1, 0.15) is 26.3 Å². The van der Waals surface area contributed by atoms with Gasteiger partial charge >= 0.3 is 0 Å².